The molecule has 0 aromatic heterocycles. The van der Waals surface area contributed by atoms with Gasteiger partial charge in [0.15, 0.2) is 0 Å². The van der Waals surface area contributed by atoms with Gasteiger partial charge in [-0.2, -0.15) is 0 Å². The maximum atomic E-state index is 13.3. The van der Waals surface area contributed by atoms with Crippen LogP contribution in [-0.2, 0) is 0 Å². The maximum Gasteiger partial charge on any atom is 0.126 e. The number of fused-ring (bicyclic) bond motifs is 1. The molecule has 2 unspecified atom stereocenters. The van der Waals surface area contributed by atoms with E-state index in [0.717, 1.165) is 20.1 Å². The zero-order chi connectivity index (χ0) is 14.3. The Morgan fingerprint density at radius 2 is 1.90 bits per heavy atom. The molecule has 5 heteroatoms. The van der Waals surface area contributed by atoms with Crippen molar-refractivity contribution in [2.24, 2.45) is 5.73 Å². The van der Waals surface area contributed by atoms with Crippen LogP contribution >= 0.6 is 31.9 Å². The number of hydrogen-bond acceptors (Lipinski definition) is 2. The van der Waals surface area contributed by atoms with Crippen LogP contribution < -0.4 is 10.5 Å². The van der Waals surface area contributed by atoms with Gasteiger partial charge in [-0.3, -0.25) is 0 Å². The number of hydrogen-bond donors (Lipinski definition) is 1. The molecular weight excluding hydrogens is 389 g/mol. The normalized spacial score (nSPS) is 21.2. The molecule has 20 heavy (non-hydrogen) atoms. The molecule has 2 aromatic rings. The minimum Gasteiger partial charge on any atom is -0.485 e. The molecule has 0 radical (unpaired) electrons. The lowest BCUT2D eigenvalue weighted by Crippen LogP contribution is -2.24. The highest BCUT2D eigenvalue weighted by molar-refractivity contribution is 9.13. The SMILES string of the molecule is NC1CC(c2ccc(Br)c(Br)c2)Oc2ccc(F)cc21. The first kappa shape index (κ1) is 14.0. The van der Waals surface area contributed by atoms with Crippen LogP contribution in [0, 0.1) is 5.82 Å². The lowest BCUT2D eigenvalue weighted by atomic mass is 9.93. The predicted octanol–water partition coefficient (Wildman–Crippen LogP) is 4.87. The van der Waals surface area contributed by atoms with Crippen molar-refractivity contribution in [2.75, 3.05) is 0 Å². The summed E-state index contributed by atoms with van der Waals surface area (Å²) in [6.45, 7) is 0. The third-order valence-corrected chi connectivity index (χ3v) is 5.30. The van der Waals surface area contributed by atoms with Crippen LogP contribution in [0.1, 0.15) is 29.7 Å². The molecule has 2 aromatic carbocycles. The zero-order valence-corrected chi connectivity index (χ0v) is 13.6. The molecule has 0 spiro atoms. The number of ether oxygens (including phenoxy) is 1. The van der Waals surface area contributed by atoms with E-state index in [2.05, 4.69) is 31.9 Å². The lowest BCUT2D eigenvalue weighted by Gasteiger charge is -2.30. The van der Waals surface area contributed by atoms with Gasteiger partial charge in [0, 0.05) is 27.0 Å². The van der Waals surface area contributed by atoms with E-state index in [0.29, 0.717) is 12.2 Å². The Bertz CT molecular complexity index is 662. The van der Waals surface area contributed by atoms with E-state index >= 15 is 0 Å². The topological polar surface area (TPSA) is 35.2 Å². The molecule has 0 saturated heterocycles. The molecule has 0 saturated carbocycles. The third kappa shape index (κ3) is 2.62. The fraction of sp³-hybridized carbons (Fsp3) is 0.200. The fourth-order valence-electron chi connectivity index (χ4n) is 2.39. The standard InChI is InChI=1S/C15H12Br2FNO/c16-11-3-1-8(5-12(11)17)15-7-13(19)10-6-9(18)2-4-14(10)20-15/h1-6,13,15H,7,19H2. The van der Waals surface area contributed by atoms with E-state index in [1.165, 1.54) is 12.1 Å². The second kappa shape index (κ2) is 5.47. The molecule has 1 heterocycles. The van der Waals surface area contributed by atoms with E-state index in [4.69, 9.17) is 10.5 Å². The molecule has 2 N–H and O–H groups in total. The molecule has 0 fully saturated rings. The number of benzene rings is 2. The van der Waals surface area contributed by atoms with Crippen molar-refractivity contribution in [3.05, 3.63) is 62.3 Å². The van der Waals surface area contributed by atoms with Crippen molar-refractivity contribution in [3.63, 3.8) is 0 Å². The average Bonchev–Trinajstić information content (AvgIpc) is 2.42. The maximum absolute atomic E-state index is 13.3. The molecule has 2 nitrogen and oxygen atoms in total. The van der Waals surface area contributed by atoms with Crippen molar-refractivity contribution in [2.45, 2.75) is 18.6 Å². The van der Waals surface area contributed by atoms with Crippen molar-refractivity contribution in [1.82, 2.24) is 0 Å². The van der Waals surface area contributed by atoms with E-state index in [1.54, 1.807) is 6.07 Å². The Kier molecular flexibility index (Phi) is 3.84. The first-order chi connectivity index (χ1) is 9.54. The van der Waals surface area contributed by atoms with Crippen LogP contribution in [0.4, 0.5) is 4.39 Å². The molecule has 0 bridgehead atoms. The summed E-state index contributed by atoms with van der Waals surface area (Å²) in [5, 5.41) is 0. The van der Waals surface area contributed by atoms with Crippen molar-refractivity contribution >= 4 is 31.9 Å². The first-order valence-corrected chi connectivity index (χ1v) is 7.80. The van der Waals surface area contributed by atoms with E-state index in [-0.39, 0.29) is 18.0 Å². The zero-order valence-electron chi connectivity index (χ0n) is 10.4. The first-order valence-electron chi connectivity index (χ1n) is 6.21. The van der Waals surface area contributed by atoms with E-state index < -0.39 is 0 Å². The molecule has 1 aliphatic heterocycles. The van der Waals surface area contributed by atoms with Crippen LogP contribution in [0.2, 0.25) is 0 Å². The van der Waals surface area contributed by atoms with Gasteiger partial charge in [0.05, 0.1) is 0 Å². The lowest BCUT2D eigenvalue weighted by molar-refractivity contribution is 0.161. The highest BCUT2D eigenvalue weighted by Crippen LogP contribution is 2.40. The summed E-state index contributed by atoms with van der Waals surface area (Å²) in [6.07, 6.45) is 0.511. The Balaban J connectivity index is 1.94. The summed E-state index contributed by atoms with van der Waals surface area (Å²) in [5.41, 5.74) is 7.92. The molecule has 0 aliphatic carbocycles. The van der Waals surface area contributed by atoms with Crippen LogP contribution in [0.25, 0.3) is 0 Å². The Morgan fingerprint density at radius 1 is 1.10 bits per heavy atom. The van der Waals surface area contributed by atoms with Crippen LogP contribution in [0.5, 0.6) is 5.75 Å². The third-order valence-electron chi connectivity index (χ3n) is 3.42. The van der Waals surface area contributed by atoms with Crippen LogP contribution in [-0.4, -0.2) is 0 Å². The van der Waals surface area contributed by atoms with Gasteiger partial charge in [0.2, 0.25) is 0 Å². The number of halogens is 3. The summed E-state index contributed by atoms with van der Waals surface area (Å²) in [4.78, 5) is 0. The molecule has 1 aliphatic rings. The summed E-state index contributed by atoms with van der Waals surface area (Å²) < 4.78 is 21.2. The van der Waals surface area contributed by atoms with E-state index in [9.17, 15) is 4.39 Å². The average molecular weight is 401 g/mol. The van der Waals surface area contributed by atoms with E-state index in [1.807, 2.05) is 18.2 Å². The smallest absolute Gasteiger partial charge is 0.126 e. The Hall–Kier alpha value is -0.910. The molecule has 104 valence electrons. The summed E-state index contributed by atoms with van der Waals surface area (Å²) in [6, 6.07) is 10.2. The Morgan fingerprint density at radius 3 is 2.65 bits per heavy atom. The summed E-state index contributed by atoms with van der Waals surface area (Å²) >= 11 is 6.93. The molecular formula is C15H12Br2FNO. The Labute approximate surface area is 133 Å². The molecule has 3 rings (SSSR count). The number of rotatable bonds is 1. The minimum atomic E-state index is -0.285. The van der Waals surface area contributed by atoms with Crippen LogP contribution in [0.15, 0.2) is 45.3 Å². The summed E-state index contributed by atoms with van der Waals surface area (Å²) in [7, 11) is 0. The predicted molar refractivity (Wildman–Crippen MR) is 83.2 cm³/mol. The quantitative estimate of drug-likeness (QED) is 0.740. The second-order valence-electron chi connectivity index (χ2n) is 4.80. The molecule has 2 atom stereocenters. The van der Waals surface area contributed by atoms with Gasteiger partial charge < -0.3 is 10.5 Å². The van der Waals surface area contributed by atoms with Gasteiger partial charge >= 0.3 is 0 Å². The van der Waals surface area contributed by atoms with Gasteiger partial charge in [0.25, 0.3) is 0 Å². The number of nitrogens with two attached hydrogens (primary N) is 1. The van der Waals surface area contributed by atoms with Crippen molar-refractivity contribution in [3.8, 4) is 5.75 Å². The van der Waals surface area contributed by atoms with Gasteiger partial charge in [-0.05, 0) is 67.8 Å². The van der Waals surface area contributed by atoms with Crippen molar-refractivity contribution in [1.29, 1.82) is 0 Å². The van der Waals surface area contributed by atoms with Crippen molar-refractivity contribution < 1.29 is 9.13 Å². The fourth-order valence-corrected chi connectivity index (χ4v) is 3.04. The van der Waals surface area contributed by atoms with Gasteiger partial charge in [0.1, 0.15) is 17.7 Å². The van der Waals surface area contributed by atoms with Gasteiger partial charge in [-0.25, -0.2) is 4.39 Å². The van der Waals surface area contributed by atoms with Gasteiger partial charge in [-0.1, -0.05) is 6.07 Å². The van der Waals surface area contributed by atoms with Gasteiger partial charge in [-0.15, -0.1) is 0 Å². The highest BCUT2D eigenvalue weighted by Gasteiger charge is 2.27. The second-order valence-corrected chi connectivity index (χ2v) is 6.51. The molecule has 0 amide bonds. The highest BCUT2D eigenvalue weighted by atomic mass is 79.9. The monoisotopic (exact) mass is 399 g/mol. The largest absolute Gasteiger partial charge is 0.485 e. The summed E-state index contributed by atoms with van der Waals surface area (Å²) in [5.74, 6) is 0.377. The van der Waals surface area contributed by atoms with Crippen LogP contribution in [0.3, 0.4) is 0 Å². The minimum absolute atomic E-state index is 0.118.